The van der Waals surface area contributed by atoms with E-state index in [4.69, 9.17) is 16.1 Å². The normalized spacial score (nSPS) is 15.0. The lowest BCUT2D eigenvalue weighted by atomic mass is 10.2. The van der Waals surface area contributed by atoms with E-state index in [1.807, 2.05) is 25.1 Å². The fourth-order valence-electron chi connectivity index (χ4n) is 2.46. The van der Waals surface area contributed by atoms with Gasteiger partial charge in [0.25, 0.3) is 0 Å². The molecule has 0 amide bonds. The average Bonchev–Trinajstić information content (AvgIpc) is 3.24. The number of halogens is 1. The van der Waals surface area contributed by atoms with E-state index in [-0.39, 0.29) is 0 Å². The number of benzene rings is 1. The predicted octanol–water partition coefficient (Wildman–Crippen LogP) is 3.16. The van der Waals surface area contributed by atoms with Crippen LogP contribution in [0.3, 0.4) is 0 Å². The van der Waals surface area contributed by atoms with Crippen molar-refractivity contribution in [2.45, 2.75) is 32.4 Å². The molecule has 0 saturated carbocycles. The predicted molar refractivity (Wildman–Crippen MR) is 94.9 cm³/mol. The summed E-state index contributed by atoms with van der Waals surface area (Å²) in [7, 11) is 0. The number of rotatable bonds is 5. The molecule has 24 heavy (non-hydrogen) atoms. The van der Waals surface area contributed by atoms with Gasteiger partial charge in [0.15, 0.2) is 5.96 Å². The number of hydrogen-bond acceptors (Lipinski definition) is 4. The van der Waals surface area contributed by atoms with Crippen LogP contribution in [0, 0.1) is 0 Å². The van der Waals surface area contributed by atoms with Gasteiger partial charge in [-0.2, -0.15) is 4.98 Å². The van der Waals surface area contributed by atoms with Gasteiger partial charge >= 0.3 is 0 Å². The zero-order valence-electron chi connectivity index (χ0n) is 13.5. The van der Waals surface area contributed by atoms with Gasteiger partial charge in [0.2, 0.25) is 11.7 Å². The third-order valence-corrected chi connectivity index (χ3v) is 3.85. The van der Waals surface area contributed by atoms with E-state index < -0.39 is 0 Å². The highest BCUT2D eigenvalue weighted by atomic mass is 35.5. The monoisotopic (exact) mass is 345 g/mol. The molecule has 0 bridgehead atoms. The summed E-state index contributed by atoms with van der Waals surface area (Å²) in [4.78, 5) is 8.89. The Labute approximate surface area is 146 Å². The lowest BCUT2D eigenvalue weighted by Crippen LogP contribution is -2.42. The van der Waals surface area contributed by atoms with Crippen LogP contribution in [0.25, 0.3) is 11.4 Å². The molecule has 1 heterocycles. The van der Waals surface area contributed by atoms with Gasteiger partial charge in [0.05, 0.1) is 0 Å². The summed E-state index contributed by atoms with van der Waals surface area (Å²) in [5, 5.41) is 11.3. The highest BCUT2D eigenvalue weighted by Gasteiger charge is 2.12. The fourth-order valence-corrected chi connectivity index (χ4v) is 2.65. The first-order valence-electron chi connectivity index (χ1n) is 8.03. The Balaban J connectivity index is 1.65. The molecule has 1 aromatic carbocycles. The largest absolute Gasteiger partial charge is 0.357 e. The van der Waals surface area contributed by atoms with Crippen molar-refractivity contribution in [3.8, 4) is 11.4 Å². The summed E-state index contributed by atoms with van der Waals surface area (Å²) in [5.41, 5.74) is 0.823. The second kappa shape index (κ2) is 7.97. The lowest BCUT2D eigenvalue weighted by molar-refractivity contribution is 0.380. The Kier molecular flexibility index (Phi) is 5.48. The van der Waals surface area contributed by atoms with Crippen LogP contribution in [0.2, 0.25) is 5.02 Å². The molecular weight excluding hydrogens is 326 g/mol. The van der Waals surface area contributed by atoms with Gasteiger partial charge in [-0.1, -0.05) is 41.0 Å². The maximum atomic E-state index is 5.99. The second-order valence-corrected chi connectivity index (χ2v) is 5.94. The molecule has 1 aromatic heterocycles. The first kappa shape index (κ1) is 16.5. The van der Waals surface area contributed by atoms with Crippen molar-refractivity contribution in [2.24, 2.45) is 4.99 Å². The van der Waals surface area contributed by atoms with Crippen LogP contribution in [0.1, 0.15) is 25.7 Å². The quantitative estimate of drug-likeness (QED) is 0.494. The number of aromatic nitrogens is 2. The minimum absolute atomic E-state index is 0.322. The van der Waals surface area contributed by atoms with Gasteiger partial charge in [-0.3, -0.25) is 0 Å². The van der Waals surface area contributed by atoms with Gasteiger partial charge in [0, 0.05) is 23.2 Å². The molecule has 6 nitrogen and oxygen atoms in total. The molecule has 0 unspecified atom stereocenters. The summed E-state index contributed by atoms with van der Waals surface area (Å²) < 4.78 is 5.28. The molecular formula is C17H20ClN5O. The molecule has 0 fully saturated rings. The van der Waals surface area contributed by atoms with Crippen molar-refractivity contribution in [2.75, 3.05) is 6.54 Å². The van der Waals surface area contributed by atoms with Crippen LogP contribution in [0.15, 0.2) is 45.9 Å². The van der Waals surface area contributed by atoms with Crippen LogP contribution in [-0.4, -0.2) is 28.7 Å². The van der Waals surface area contributed by atoms with Crippen molar-refractivity contribution >= 4 is 17.6 Å². The Morgan fingerprint density at radius 1 is 1.38 bits per heavy atom. The first-order chi connectivity index (χ1) is 11.7. The fraction of sp³-hybridized carbons (Fsp3) is 0.353. The van der Waals surface area contributed by atoms with Crippen molar-refractivity contribution in [1.82, 2.24) is 20.8 Å². The Bertz CT molecular complexity index is 732. The Morgan fingerprint density at radius 3 is 2.96 bits per heavy atom. The number of nitrogens with zero attached hydrogens (tertiary/aromatic N) is 3. The highest BCUT2D eigenvalue weighted by molar-refractivity contribution is 6.30. The molecule has 0 saturated heterocycles. The van der Waals surface area contributed by atoms with Gasteiger partial charge in [-0.25, -0.2) is 4.99 Å². The molecule has 2 N–H and O–H groups in total. The van der Waals surface area contributed by atoms with E-state index >= 15 is 0 Å². The summed E-state index contributed by atoms with van der Waals surface area (Å²) in [6, 6.07) is 7.75. The molecule has 0 spiro atoms. The topological polar surface area (TPSA) is 75.3 Å². The third-order valence-electron chi connectivity index (χ3n) is 3.62. The van der Waals surface area contributed by atoms with Gasteiger partial charge < -0.3 is 15.2 Å². The number of aliphatic imine (C=N–C) groups is 1. The average molecular weight is 346 g/mol. The van der Waals surface area contributed by atoms with Gasteiger partial charge in [0.1, 0.15) is 6.54 Å². The molecule has 2 aromatic rings. The standard InChI is InChI=1S/C17H20ClN5O/c1-2-19-17(21-14-8-3-4-9-14)20-11-15-22-16(23-24-15)12-6-5-7-13(18)10-12/h3-7,10,14H,2,8-9,11H2,1H3,(H2,19,20,21). The SMILES string of the molecule is CCNC(=NCc1nc(-c2cccc(Cl)c2)no1)NC1CC=CC1. The van der Waals surface area contributed by atoms with Crippen LogP contribution >= 0.6 is 11.6 Å². The van der Waals surface area contributed by atoms with E-state index in [0.717, 1.165) is 30.9 Å². The molecule has 0 atom stereocenters. The second-order valence-electron chi connectivity index (χ2n) is 5.50. The molecule has 0 radical (unpaired) electrons. The van der Waals surface area contributed by atoms with E-state index in [1.165, 1.54) is 0 Å². The smallest absolute Gasteiger partial charge is 0.248 e. The molecule has 3 rings (SSSR count). The van der Waals surface area contributed by atoms with Crippen molar-refractivity contribution in [1.29, 1.82) is 0 Å². The zero-order chi connectivity index (χ0) is 16.8. The molecule has 1 aliphatic carbocycles. The molecule has 7 heteroatoms. The lowest BCUT2D eigenvalue weighted by Gasteiger charge is -2.16. The minimum atomic E-state index is 0.322. The van der Waals surface area contributed by atoms with E-state index in [2.05, 4.69) is 37.9 Å². The maximum Gasteiger partial charge on any atom is 0.248 e. The number of nitrogens with one attached hydrogen (secondary N) is 2. The third kappa shape index (κ3) is 4.35. The van der Waals surface area contributed by atoms with Crippen molar-refractivity contribution in [3.05, 3.63) is 47.3 Å². The van der Waals surface area contributed by atoms with Gasteiger partial charge in [-0.15, -0.1) is 0 Å². The van der Waals surface area contributed by atoms with E-state index in [9.17, 15) is 0 Å². The Hall–Kier alpha value is -2.34. The maximum absolute atomic E-state index is 5.99. The zero-order valence-corrected chi connectivity index (χ0v) is 14.3. The summed E-state index contributed by atoms with van der Waals surface area (Å²) in [5.74, 6) is 1.74. The van der Waals surface area contributed by atoms with Crippen molar-refractivity contribution in [3.63, 3.8) is 0 Å². The summed E-state index contributed by atoms with van der Waals surface area (Å²) >= 11 is 5.99. The molecule has 126 valence electrons. The van der Waals surface area contributed by atoms with Crippen LogP contribution in [-0.2, 0) is 6.54 Å². The molecule has 0 aliphatic heterocycles. The first-order valence-corrected chi connectivity index (χ1v) is 8.40. The van der Waals surface area contributed by atoms with Crippen LogP contribution in [0.4, 0.5) is 0 Å². The van der Waals surface area contributed by atoms with Gasteiger partial charge in [-0.05, 0) is 31.9 Å². The highest BCUT2D eigenvalue weighted by Crippen LogP contribution is 2.20. The van der Waals surface area contributed by atoms with E-state index in [0.29, 0.717) is 29.3 Å². The Morgan fingerprint density at radius 2 is 2.21 bits per heavy atom. The number of guanidine groups is 1. The number of hydrogen-bond donors (Lipinski definition) is 2. The minimum Gasteiger partial charge on any atom is -0.357 e. The van der Waals surface area contributed by atoms with E-state index in [1.54, 1.807) is 6.07 Å². The molecule has 1 aliphatic rings. The van der Waals surface area contributed by atoms with Crippen LogP contribution < -0.4 is 10.6 Å². The van der Waals surface area contributed by atoms with Crippen LogP contribution in [0.5, 0.6) is 0 Å². The van der Waals surface area contributed by atoms with Crippen molar-refractivity contribution < 1.29 is 4.52 Å². The summed E-state index contributed by atoms with van der Waals surface area (Å²) in [6.07, 6.45) is 6.39. The summed E-state index contributed by atoms with van der Waals surface area (Å²) in [6.45, 7) is 3.15.